The molecule has 0 unspecified atom stereocenters. The van der Waals surface area contributed by atoms with Crippen LogP contribution in [0.5, 0.6) is 5.88 Å². The zero-order valence-corrected chi connectivity index (χ0v) is 18.6. The van der Waals surface area contributed by atoms with Gasteiger partial charge < -0.3 is 19.9 Å². The van der Waals surface area contributed by atoms with Gasteiger partial charge >= 0.3 is 0 Å². The van der Waals surface area contributed by atoms with Gasteiger partial charge in [-0.2, -0.15) is 0 Å². The fraction of sp³-hybridized carbons (Fsp3) is 0.480. The maximum absolute atomic E-state index is 11.5. The molecule has 0 bridgehead atoms. The van der Waals surface area contributed by atoms with Crippen LogP contribution >= 0.6 is 0 Å². The maximum Gasteiger partial charge on any atom is 0.240 e. The van der Waals surface area contributed by atoms with Crippen molar-refractivity contribution in [3.05, 3.63) is 36.2 Å². The van der Waals surface area contributed by atoms with Gasteiger partial charge in [0, 0.05) is 42.2 Å². The van der Waals surface area contributed by atoms with Gasteiger partial charge in [-0.3, -0.25) is 4.79 Å². The second kappa shape index (κ2) is 7.22. The van der Waals surface area contributed by atoms with Crippen molar-refractivity contribution in [1.82, 2.24) is 19.9 Å². The molecule has 7 heteroatoms. The molecule has 32 heavy (non-hydrogen) atoms. The number of aromatic nitrogens is 3. The third-order valence-corrected chi connectivity index (χ3v) is 7.05. The first-order valence-electron chi connectivity index (χ1n) is 11.6. The molecule has 1 aromatic carbocycles. The van der Waals surface area contributed by atoms with Gasteiger partial charge in [-0.1, -0.05) is 26.0 Å². The first-order chi connectivity index (χ1) is 15.5. The minimum atomic E-state index is 0.137. The Balaban J connectivity index is 1.34. The maximum atomic E-state index is 11.5. The number of nitrogens with zero attached hydrogens (tertiary/aromatic N) is 3. The summed E-state index contributed by atoms with van der Waals surface area (Å²) in [5.41, 5.74) is 6.50. The lowest BCUT2D eigenvalue weighted by atomic mass is 9.86. The Morgan fingerprint density at radius 1 is 1.22 bits per heavy atom. The molecule has 1 saturated heterocycles. The smallest absolute Gasteiger partial charge is 0.240 e. The summed E-state index contributed by atoms with van der Waals surface area (Å²) >= 11 is 0. The molecule has 0 radical (unpaired) electrons. The second-order valence-electron chi connectivity index (χ2n) is 10.1. The van der Waals surface area contributed by atoms with E-state index in [1.807, 2.05) is 6.33 Å². The zero-order valence-electron chi connectivity index (χ0n) is 18.6. The largest absolute Gasteiger partial charge is 0.476 e. The lowest BCUT2D eigenvalue weighted by Crippen LogP contribution is -2.18. The van der Waals surface area contributed by atoms with Gasteiger partial charge in [0.1, 0.15) is 5.52 Å². The van der Waals surface area contributed by atoms with E-state index >= 15 is 0 Å². The average molecular weight is 432 g/mol. The van der Waals surface area contributed by atoms with Gasteiger partial charge in [-0.15, -0.1) is 0 Å². The number of amides is 1. The Labute approximate surface area is 187 Å². The number of fused-ring (bicyclic) bond motifs is 2. The van der Waals surface area contributed by atoms with E-state index in [-0.39, 0.29) is 11.3 Å². The van der Waals surface area contributed by atoms with Crippen LogP contribution < -0.4 is 15.4 Å². The molecule has 3 aromatic rings. The molecule has 0 spiro atoms. The molecule has 2 fully saturated rings. The molecular weight excluding hydrogens is 402 g/mol. The summed E-state index contributed by atoms with van der Waals surface area (Å²) in [4.78, 5) is 21.1. The lowest BCUT2D eigenvalue weighted by molar-refractivity contribution is -0.119. The minimum absolute atomic E-state index is 0.137. The quantitative estimate of drug-likeness (QED) is 0.616. The number of pyridine rings is 1. The predicted octanol–water partition coefficient (Wildman–Crippen LogP) is 4.04. The molecule has 1 amide bonds. The van der Waals surface area contributed by atoms with Crippen molar-refractivity contribution in [3.63, 3.8) is 0 Å². The van der Waals surface area contributed by atoms with Crippen molar-refractivity contribution < 1.29 is 9.53 Å². The molecule has 7 nitrogen and oxygen atoms in total. The van der Waals surface area contributed by atoms with Crippen LogP contribution in [0.2, 0.25) is 0 Å². The van der Waals surface area contributed by atoms with Crippen molar-refractivity contribution in [2.24, 2.45) is 5.92 Å². The second-order valence-corrected chi connectivity index (χ2v) is 10.1. The van der Waals surface area contributed by atoms with Gasteiger partial charge in [0.05, 0.1) is 24.1 Å². The summed E-state index contributed by atoms with van der Waals surface area (Å²) in [6, 6.07) is 9.12. The van der Waals surface area contributed by atoms with Crippen LogP contribution in [0.15, 0.2) is 30.6 Å². The van der Waals surface area contributed by atoms with Crippen molar-refractivity contribution in [2.45, 2.75) is 51.0 Å². The SMILES string of the molecule is CC1(C)CNc2cc(-c3cc4ncn(C5CC5)c4c(OCC[C@H]4CNC(=O)C4)n3)ccc21. The van der Waals surface area contributed by atoms with Crippen LogP contribution in [0.1, 0.15) is 51.1 Å². The Morgan fingerprint density at radius 2 is 2.09 bits per heavy atom. The van der Waals surface area contributed by atoms with Crippen molar-refractivity contribution in [3.8, 4) is 17.1 Å². The van der Waals surface area contributed by atoms with Crippen LogP contribution in [-0.2, 0) is 10.2 Å². The van der Waals surface area contributed by atoms with Crippen LogP contribution in [-0.4, -0.2) is 40.1 Å². The van der Waals surface area contributed by atoms with Crippen LogP contribution in [0.3, 0.4) is 0 Å². The van der Waals surface area contributed by atoms with Crippen molar-refractivity contribution in [2.75, 3.05) is 25.0 Å². The highest BCUT2D eigenvalue weighted by Crippen LogP contribution is 2.41. The Kier molecular flexibility index (Phi) is 4.42. The van der Waals surface area contributed by atoms with E-state index in [0.29, 0.717) is 30.9 Å². The summed E-state index contributed by atoms with van der Waals surface area (Å²) in [6.45, 7) is 6.75. The van der Waals surface area contributed by atoms with E-state index in [9.17, 15) is 4.79 Å². The standard InChI is InChI=1S/C25H29N5O2/c1-25(2)13-27-20-10-16(3-6-18(20)25)19-11-21-23(30(14-28-21)17-4-5-17)24(29-19)32-8-7-15-9-22(31)26-12-15/h3,6,10-11,14-15,17,27H,4-5,7-9,12-13H2,1-2H3,(H,26,31)/t15-/m1/s1. The number of benzene rings is 1. The normalized spacial score (nSPS) is 21.4. The Morgan fingerprint density at radius 3 is 2.88 bits per heavy atom. The van der Waals surface area contributed by atoms with E-state index in [1.54, 1.807) is 0 Å². The van der Waals surface area contributed by atoms with E-state index in [0.717, 1.165) is 41.8 Å². The molecule has 3 aliphatic rings. The molecule has 166 valence electrons. The van der Waals surface area contributed by atoms with Gasteiger partial charge in [0.15, 0.2) is 0 Å². The molecule has 1 saturated carbocycles. The number of ether oxygens (including phenoxy) is 1. The number of hydrogen-bond donors (Lipinski definition) is 2. The predicted molar refractivity (Wildman–Crippen MR) is 124 cm³/mol. The number of rotatable bonds is 6. The molecule has 6 rings (SSSR count). The third kappa shape index (κ3) is 3.40. The summed E-state index contributed by atoms with van der Waals surface area (Å²) in [5.74, 6) is 1.12. The van der Waals surface area contributed by atoms with Gasteiger partial charge in [-0.05, 0) is 42.9 Å². The van der Waals surface area contributed by atoms with E-state index < -0.39 is 0 Å². The van der Waals surface area contributed by atoms with Gasteiger partial charge in [0.2, 0.25) is 11.8 Å². The molecule has 4 heterocycles. The number of anilines is 1. The van der Waals surface area contributed by atoms with Crippen molar-refractivity contribution >= 4 is 22.6 Å². The highest BCUT2D eigenvalue weighted by molar-refractivity contribution is 5.85. The van der Waals surface area contributed by atoms with Crippen LogP contribution in [0.25, 0.3) is 22.3 Å². The summed E-state index contributed by atoms with van der Waals surface area (Å²) in [5, 5.41) is 6.44. The van der Waals surface area contributed by atoms with E-state index in [1.165, 1.54) is 24.1 Å². The number of carbonyl (C=O) groups is 1. The highest BCUT2D eigenvalue weighted by atomic mass is 16.5. The summed E-state index contributed by atoms with van der Waals surface area (Å²) in [6.07, 6.45) is 5.70. The average Bonchev–Trinajstić information content (AvgIpc) is 3.27. The molecule has 1 atom stereocenters. The number of carbonyl (C=O) groups excluding carboxylic acids is 1. The first kappa shape index (κ1) is 19.6. The van der Waals surface area contributed by atoms with Gasteiger partial charge in [0.25, 0.3) is 0 Å². The van der Waals surface area contributed by atoms with Gasteiger partial charge in [-0.25, -0.2) is 9.97 Å². The molecule has 2 aromatic heterocycles. The lowest BCUT2D eigenvalue weighted by Gasteiger charge is -2.17. The fourth-order valence-corrected chi connectivity index (χ4v) is 4.95. The molecular formula is C25H29N5O2. The first-order valence-corrected chi connectivity index (χ1v) is 11.6. The topological polar surface area (TPSA) is 81.1 Å². The number of imidazole rings is 1. The van der Waals surface area contributed by atoms with E-state index in [4.69, 9.17) is 14.7 Å². The summed E-state index contributed by atoms with van der Waals surface area (Å²) in [7, 11) is 0. The molecule has 2 N–H and O–H groups in total. The summed E-state index contributed by atoms with van der Waals surface area (Å²) < 4.78 is 8.47. The van der Waals surface area contributed by atoms with Crippen LogP contribution in [0.4, 0.5) is 5.69 Å². The number of nitrogens with one attached hydrogen (secondary N) is 2. The molecule has 2 aliphatic heterocycles. The minimum Gasteiger partial charge on any atom is -0.476 e. The zero-order chi connectivity index (χ0) is 21.9. The van der Waals surface area contributed by atoms with Crippen molar-refractivity contribution in [1.29, 1.82) is 0 Å². The molecule has 1 aliphatic carbocycles. The third-order valence-electron chi connectivity index (χ3n) is 7.05. The fourth-order valence-electron chi connectivity index (χ4n) is 4.95. The van der Waals surface area contributed by atoms with E-state index in [2.05, 4.69) is 53.3 Å². The van der Waals surface area contributed by atoms with Crippen LogP contribution in [0, 0.1) is 5.92 Å². The number of hydrogen-bond acceptors (Lipinski definition) is 5. The Hall–Kier alpha value is -3.09. The monoisotopic (exact) mass is 431 g/mol. The Bertz CT molecular complexity index is 1210. The highest BCUT2D eigenvalue weighted by Gasteiger charge is 2.30.